The Balaban J connectivity index is 1.53. The summed E-state index contributed by atoms with van der Waals surface area (Å²) in [5.74, 6) is 0.552. The second-order valence-electron chi connectivity index (χ2n) is 8.10. The van der Waals surface area contributed by atoms with E-state index in [2.05, 4.69) is 72.3 Å². The van der Waals surface area contributed by atoms with Crippen LogP contribution in [0.15, 0.2) is 65.3 Å². The summed E-state index contributed by atoms with van der Waals surface area (Å²) in [5.41, 5.74) is 4.14. The fourth-order valence-corrected chi connectivity index (χ4v) is 3.94. The summed E-state index contributed by atoms with van der Waals surface area (Å²) in [6.45, 7) is 7.23. The maximum Gasteiger partial charge on any atom is 0.275 e. The monoisotopic (exact) mass is 403 g/mol. The standard InChI is InChI=1S/C25H29N3O2/c1-19-10-12-21(13-11-19)16-28(20(2)22-8-4-3-5-9-22)17-24-26-23(18-30-24)25(29)27-14-6-7-15-27/h3-5,8-13,18,20H,6-7,14-17H2,1-2H3. The van der Waals surface area contributed by atoms with Crippen LogP contribution in [-0.4, -0.2) is 33.8 Å². The molecule has 1 aliphatic heterocycles. The fourth-order valence-electron chi connectivity index (χ4n) is 3.94. The molecule has 2 heterocycles. The Kier molecular flexibility index (Phi) is 6.29. The summed E-state index contributed by atoms with van der Waals surface area (Å²) in [7, 11) is 0. The van der Waals surface area contributed by atoms with Crippen molar-refractivity contribution < 1.29 is 9.21 Å². The molecule has 1 atom stereocenters. The molecule has 30 heavy (non-hydrogen) atoms. The van der Waals surface area contributed by atoms with Gasteiger partial charge in [0.2, 0.25) is 5.89 Å². The number of nitrogens with zero attached hydrogens (tertiary/aromatic N) is 3. The van der Waals surface area contributed by atoms with E-state index in [1.807, 2.05) is 11.0 Å². The van der Waals surface area contributed by atoms with Gasteiger partial charge in [-0.05, 0) is 37.8 Å². The third-order valence-corrected chi connectivity index (χ3v) is 5.84. The van der Waals surface area contributed by atoms with E-state index in [9.17, 15) is 4.79 Å². The van der Waals surface area contributed by atoms with E-state index in [1.165, 1.54) is 23.0 Å². The molecule has 5 heteroatoms. The molecule has 2 aromatic carbocycles. The first-order valence-electron chi connectivity index (χ1n) is 10.7. The molecular weight excluding hydrogens is 374 g/mol. The number of benzene rings is 2. The fraction of sp³-hybridized carbons (Fsp3) is 0.360. The molecule has 1 fully saturated rings. The Bertz CT molecular complexity index is 960. The van der Waals surface area contributed by atoms with E-state index in [0.29, 0.717) is 18.1 Å². The van der Waals surface area contributed by atoms with Crippen molar-refractivity contribution in [2.45, 2.75) is 45.8 Å². The lowest BCUT2D eigenvalue weighted by atomic mass is 10.1. The first-order chi connectivity index (χ1) is 14.6. The Morgan fingerprint density at radius 2 is 1.77 bits per heavy atom. The average molecular weight is 404 g/mol. The number of amides is 1. The lowest BCUT2D eigenvalue weighted by Crippen LogP contribution is -2.28. The second-order valence-corrected chi connectivity index (χ2v) is 8.10. The molecule has 0 spiro atoms. The van der Waals surface area contributed by atoms with Gasteiger partial charge in [0.05, 0.1) is 6.54 Å². The van der Waals surface area contributed by atoms with Crippen LogP contribution in [0.25, 0.3) is 0 Å². The zero-order chi connectivity index (χ0) is 20.9. The summed E-state index contributed by atoms with van der Waals surface area (Å²) in [6.07, 6.45) is 3.64. The van der Waals surface area contributed by atoms with Crippen LogP contribution in [0.1, 0.15) is 58.9 Å². The van der Waals surface area contributed by atoms with Gasteiger partial charge in [0.1, 0.15) is 6.26 Å². The summed E-state index contributed by atoms with van der Waals surface area (Å²) >= 11 is 0. The Hall–Kier alpha value is -2.92. The van der Waals surface area contributed by atoms with Crippen molar-refractivity contribution in [2.24, 2.45) is 0 Å². The predicted octanol–water partition coefficient (Wildman–Crippen LogP) is 4.98. The van der Waals surface area contributed by atoms with E-state index in [1.54, 1.807) is 0 Å². The zero-order valence-corrected chi connectivity index (χ0v) is 17.8. The van der Waals surface area contributed by atoms with Crippen LogP contribution in [-0.2, 0) is 13.1 Å². The highest BCUT2D eigenvalue weighted by Crippen LogP contribution is 2.25. The van der Waals surface area contributed by atoms with Crippen molar-refractivity contribution in [3.63, 3.8) is 0 Å². The maximum absolute atomic E-state index is 12.6. The van der Waals surface area contributed by atoms with Crippen molar-refractivity contribution in [1.82, 2.24) is 14.8 Å². The van der Waals surface area contributed by atoms with Crippen LogP contribution >= 0.6 is 0 Å². The number of likely N-dealkylation sites (tertiary alicyclic amines) is 1. The first-order valence-corrected chi connectivity index (χ1v) is 10.7. The number of oxazole rings is 1. The smallest absolute Gasteiger partial charge is 0.275 e. The number of aromatic nitrogens is 1. The van der Waals surface area contributed by atoms with Crippen molar-refractivity contribution in [3.8, 4) is 0 Å². The highest BCUT2D eigenvalue weighted by Gasteiger charge is 2.24. The molecule has 0 N–H and O–H groups in total. The van der Waals surface area contributed by atoms with Gasteiger partial charge in [-0.2, -0.15) is 0 Å². The lowest BCUT2D eigenvalue weighted by Gasteiger charge is -2.28. The quantitative estimate of drug-likeness (QED) is 0.558. The highest BCUT2D eigenvalue weighted by molar-refractivity contribution is 5.92. The normalized spacial score (nSPS) is 15.0. The first kappa shape index (κ1) is 20.4. The van der Waals surface area contributed by atoms with Gasteiger partial charge in [-0.25, -0.2) is 4.98 Å². The number of carbonyl (C=O) groups is 1. The van der Waals surface area contributed by atoms with Crippen LogP contribution in [0.4, 0.5) is 0 Å². The van der Waals surface area contributed by atoms with E-state index >= 15 is 0 Å². The second kappa shape index (κ2) is 9.26. The lowest BCUT2D eigenvalue weighted by molar-refractivity contribution is 0.0787. The number of aryl methyl sites for hydroxylation is 1. The molecule has 1 saturated heterocycles. The summed E-state index contributed by atoms with van der Waals surface area (Å²) in [4.78, 5) is 21.3. The van der Waals surface area contributed by atoms with Crippen molar-refractivity contribution in [3.05, 3.63) is 89.1 Å². The van der Waals surface area contributed by atoms with Gasteiger partial charge in [-0.3, -0.25) is 9.69 Å². The van der Waals surface area contributed by atoms with E-state index in [0.717, 1.165) is 32.5 Å². The Morgan fingerprint density at radius 1 is 1.07 bits per heavy atom. The van der Waals surface area contributed by atoms with Crippen molar-refractivity contribution in [1.29, 1.82) is 0 Å². The minimum Gasteiger partial charge on any atom is -0.447 e. The molecule has 1 aliphatic rings. The van der Waals surface area contributed by atoms with Crippen LogP contribution in [0.3, 0.4) is 0 Å². The van der Waals surface area contributed by atoms with Crippen LogP contribution in [0.2, 0.25) is 0 Å². The molecule has 1 unspecified atom stereocenters. The number of hydrogen-bond donors (Lipinski definition) is 0. The maximum atomic E-state index is 12.6. The Morgan fingerprint density at radius 3 is 2.47 bits per heavy atom. The zero-order valence-electron chi connectivity index (χ0n) is 17.8. The number of carbonyl (C=O) groups excluding carboxylic acids is 1. The molecule has 0 aliphatic carbocycles. The largest absolute Gasteiger partial charge is 0.447 e. The molecule has 3 aromatic rings. The SMILES string of the molecule is Cc1ccc(CN(Cc2nc(C(=O)N3CCCC3)co2)C(C)c2ccccc2)cc1. The van der Waals surface area contributed by atoms with Gasteiger partial charge >= 0.3 is 0 Å². The van der Waals surface area contributed by atoms with Crippen LogP contribution in [0.5, 0.6) is 0 Å². The molecular formula is C25H29N3O2. The van der Waals surface area contributed by atoms with Gasteiger partial charge in [0, 0.05) is 25.7 Å². The summed E-state index contributed by atoms with van der Waals surface area (Å²) in [5, 5.41) is 0. The third kappa shape index (κ3) is 4.79. The molecule has 156 valence electrons. The van der Waals surface area contributed by atoms with E-state index < -0.39 is 0 Å². The molecule has 5 nitrogen and oxygen atoms in total. The van der Waals surface area contributed by atoms with Crippen LogP contribution in [0, 0.1) is 6.92 Å². The average Bonchev–Trinajstić information content (AvgIpc) is 3.47. The number of rotatable bonds is 7. The minimum absolute atomic E-state index is 0.0244. The van der Waals surface area contributed by atoms with E-state index in [4.69, 9.17) is 4.42 Å². The summed E-state index contributed by atoms with van der Waals surface area (Å²) < 4.78 is 5.72. The van der Waals surface area contributed by atoms with Gasteiger partial charge in [-0.15, -0.1) is 0 Å². The van der Waals surface area contributed by atoms with Gasteiger partial charge in [-0.1, -0.05) is 60.2 Å². The molecule has 1 amide bonds. The van der Waals surface area contributed by atoms with Gasteiger partial charge in [0.15, 0.2) is 5.69 Å². The van der Waals surface area contributed by atoms with Crippen molar-refractivity contribution >= 4 is 5.91 Å². The molecule has 1 aromatic heterocycles. The highest BCUT2D eigenvalue weighted by atomic mass is 16.3. The molecule has 4 rings (SSSR count). The predicted molar refractivity (Wildman–Crippen MR) is 117 cm³/mol. The van der Waals surface area contributed by atoms with E-state index in [-0.39, 0.29) is 11.9 Å². The minimum atomic E-state index is -0.0244. The number of hydrogen-bond acceptors (Lipinski definition) is 4. The third-order valence-electron chi connectivity index (χ3n) is 5.84. The topological polar surface area (TPSA) is 49.6 Å². The van der Waals surface area contributed by atoms with Gasteiger partial charge < -0.3 is 9.32 Å². The molecule has 0 saturated carbocycles. The Labute approximate surface area is 178 Å². The molecule has 0 radical (unpaired) electrons. The van der Waals surface area contributed by atoms with Gasteiger partial charge in [0.25, 0.3) is 5.91 Å². The van der Waals surface area contributed by atoms with Crippen molar-refractivity contribution in [2.75, 3.05) is 13.1 Å². The molecule has 0 bridgehead atoms. The summed E-state index contributed by atoms with van der Waals surface area (Å²) in [6, 6.07) is 19.2. The van der Waals surface area contributed by atoms with Crippen LogP contribution < -0.4 is 0 Å².